The van der Waals surface area contributed by atoms with Gasteiger partial charge in [0.25, 0.3) is 0 Å². The fourth-order valence-corrected chi connectivity index (χ4v) is 1.42. The van der Waals surface area contributed by atoms with Crippen molar-refractivity contribution in [1.29, 1.82) is 0 Å². The molecule has 80 valence electrons. The monoisotopic (exact) mass is 202 g/mol. The second-order valence-electron chi connectivity index (χ2n) is 3.29. The summed E-state index contributed by atoms with van der Waals surface area (Å²) >= 11 is 0. The summed E-state index contributed by atoms with van der Waals surface area (Å²) in [7, 11) is 0. The normalized spacial score (nSPS) is 18.4. The predicted octanol–water partition coefficient (Wildman–Crippen LogP) is -0.485. The van der Waals surface area contributed by atoms with Gasteiger partial charge in [0.15, 0.2) is 0 Å². The number of aliphatic carboxylic acids is 2. The fraction of sp³-hybridized carbons (Fsp3) is 0.750. The topological polar surface area (TPSA) is 89.9 Å². The molecular weight excluding hydrogens is 188 g/mol. The van der Waals surface area contributed by atoms with E-state index in [1.54, 1.807) is 5.01 Å². The number of carbonyl (C=O) groups is 2. The van der Waals surface area contributed by atoms with E-state index >= 15 is 0 Å². The lowest BCUT2D eigenvalue weighted by Gasteiger charge is -2.28. The van der Waals surface area contributed by atoms with Gasteiger partial charge in [0.1, 0.15) is 0 Å². The second kappa shape index (κ2) is 4.92. The van der Waals surface area contributed by atoms with Gasteiger partial charge in [-0.2, -0.15) is 0 Å². The maximum Gasteiger partial charge on any atom is 0.333 e. The Morgan fingerprint density at radius 2 is 1.57 bits per heavy atom. The van der Waals surface area contributed by atoms with Crippen molar-refractivity contribution in [3.05, 3.63) is 0 Å². The molecule has 14 heavy (non-hydrogen) atoms. The van der Waals surface area contributed by atoms with Crippen LogP contribution in [0, 0.1) is 0 Å². The molecule has 1 aliphatic rings. The molecule has 0 aliphatic carbocycles. The maximum absolute atomic E-state index is 10.5. The van der Waals surface area contributed by atoms with E-state index in [4.69, 9.17) is 10.2 Å². The zero-order chi connectivity index (χ0) is 10.6. The van der Waals surface area contributed by atoms with E-state index in [0.717, 1.165) is 19.3 Å². The lowest BCUT2D eigenvalue weighted by Crippen LogP contribution is -2.53. The van der Waals surface area contributed by atoms with Crippen LogP contribution in [0.4, 0.5) is 0 Å². The van der Waals surface area contributed by atoms with Crippen LogP contribution in [0.25, 0.3) is 0 Å². The van der Waals surface area contributed by atoms with Crippen molar-refractivity contribution in [1.82, 2.24) is 10.4 Å². The van der Waals surface area contributed by atoms with Crippen molar-refractivity contribution >= 4 is 11.9 Å². The minimum Gasteiger partial charge on any atom is -0.480 e. The molecule has 0 aromatic rings. The van der Waals surface area contributed by atoms with Crippen molar-refractivity contribution < 1.29 is 19.8 Å². The van der Waals surface area contributed by atoms with Gasteiger partial charge in [-0.25, -0.2) is 20.0 Å². The fourth-order valence-electron chi connectivity index (χ4n) is 1.42. The van der Waals surface area contributed by atoms with Crippen molar-refractivity contribution in [3.63, 3.8) is 0 Å². The number of hydrazine groups is 1. The first-order valence-electron chi connectivity index (χ1n) is 4.58. The molecule has 0 atom stereocenters. The lowest BCUT2D eigenvalue weighted by molar-refractivity contribution is -0.153. The van der Waals surface area contributed by atoms with Gasteiger partial charge in [0.05, 0.1) is 0 Å². The van der Waals surface area contributed by atoms with Gasteiger partial charge in [0.2, 0.25) is 6.04 Å². The summed E-state index contributed by atoms with van der Waals surface area (Å²) in [6.07, 6.45) is 3.06. The van der Waals surface area contributed by atoms with Crippen LogP contribution in [0.1, 0.15) is 19.3 Å². The number of piperidine rings is 1. The molecule has 6 heteroatoms. The number of nitrogens with one attached hydrogen (secondary N) is 1. The standard InChI is InChI=1S/C8H14N2O4/c11-7(12)6(8(13)14)9-10-4-2-1-3-5-10/h6,9H,1-5H2,(H,11,12)(H,13,14). The SMILES string of the molecule is O=C(O)C(NN1CCCCC1)C(=O)O. The minimum atomic E-state index is -1.53. The molecule has 1 heterocycles. The summed E-state index contributed by atoms with van der Waals surface area (Å²) in [6.45, 7) is 1.41. The average molecular weight is 202 g/mol. The van der Waals surface area contributed by atoms with E-state index < -0.39 is 18.0 Å². The molecular formula is C8H14N2O4. The number of rotatable bonds is 4. The average Bonchev–Trinajstić information content (AvgIpc) is 2.15. The first kappa shape index (κ1) is 10.9. The van der Waals surface area contributed by atoms with Crippen molar-refractivity contribution in [2.24, 2.45) is 0 Å². The Balaban J connectivity index is 2.45. The van der Waals surface area contributed by atoms with E-state index in [1.807, 2.05) is 0 Å². The molecule has 0 unspecified atom stereocenters. The molecule has 1 rings (SSSR count). The molecule has 0 radical (unpaired) electrons. The van der Waals surface area contributed by atoms with E-state index in [0.29, 0.717) is 13.1 Å². The number of carboxylic acid groups (broad SMARTS) is 2. The lowest BCUT2D eigenvalue weighted by atomic mass is 10.2. The third-order valence-corrected chi connectivity index (χ3v) is 2.16. The van der Waals surface area contributed by atoms with E-state index in [9.17, 15) is 9.59 Å². The summed E-state index contributed by atoms with van der Waals surface area (Å²) < 4.78 is 0. The van der Waals surface area contributed by atoms with Crippen LogP contribution >= 0.6 is 0 Å². The first-order valence-corrected chi connectivity index (χ1v) is 4.58. The van der Waals surface area contributed by atoms with Crippen LogP contribution in [0.15, 0.2) is 0 Å². The smallest absolute Gasteiger partial charge is 0.333 e. The maximum atomic E-state index is 10.5. The van der Waals surface area contributed by atoms with Crippen LogP contribution in [0.3, 0.4) is 0 Å². The second-order valence-corrected chi connectivity index (χ2v) is 3.29. The third-order valence-electron chi connectivity index (χ3n) is 2.16. The summed E-state index contributed by atoms with van der Waals surface area (Å²) in [4.78, 5) is 21.1. The van der Waals surface area contributed by atoms with Crippen LogP contribution in [0.5, 0.6) is 0 Å². The summed E-state index contributed by atoms with van der Waals surface area (Å²) in [5.74, 6) is -2.72. The molecule has 3 N–H and O–H groups in total. The molecule has 6 nitrogen and oxygen atoms in total. The van der Waals surface area contributed by atoms with Crippen LogP contribution in [-0.2, 0) is 9.59 Å². The molecule has 0 bridgehead atoms. The summed E-state index contributed by atoms with van der Waals surface area (Å²) in [5, 5.41) is 18.9. The third kappa shape index (κ3) is 2.97. The van der Waals surface area contributed by atoms with Gasteiger partial charge >= 0.3 is 11.9 Å². The molecule has 0 aromatic heterocycles. The van der Waals surface area contributed by atoms with Crippen LogP contribution < -0.4 is 5.43 Å². The van der Waals surface area contributed by atoms with Gasteiger partial charge in [0, 0.05) is 13.1 Å². The Hall–Kier alpha value is -1.14. The molecule has 1 aliphatic heterocycles. The van der Waals surface area contributed by atoms with Gasteiger partial charge < -0.3 is 10.2 Å². The molecule has 0 saturated carbocycles. The first-order chi connectivity index (χ1) is 6.61. The highest BCUT2D eigenvalue weighted by molar-refractivity contribution is 5.97. The Bertz CT molecular complexity index is 211. The largest absolute Gasteiger partial charge is 0.480 e. The predicted molar refractivity (Wildman–Crippen MR) is 47.6 cm³/mol. The molecule has 0 amide bonds. The summed E-state index contributed by atoms with van der Waals surface area (Å²) in [6, 6.07) is -1.53. The molecule has 1 fully saturated rings. The van der Waals surface area contributed by atoms with Crippen LogP contribution in [0.2, 0.25) is 0 Å². The highest BCUT2D eigenvalue weighted by Gasteiger charge is 2.27. The Morgan fingerprint density at radius 1 is 1.07 bits per heavy atom. The summed E-state index contributed by atoms with van der Waals surface area (Å²) in [5.41, 5.74) is 2.49. The zero-order valence-corrected chi connectivity index (χ0v) is 7.77. The minimum absolute atomic E-state index is 0.705. The Kier molecular flexibility index (Phi) is 3.84. The number of nitrogens with zero attached hydrogens (tertiary/aromatic N) is 1. The van der Waals surface area contributed by atoms with E-state index in [1.165, 1.54) is 0 Å². The van der Waals surface area contributed by atoms with Crippen LogP contribution in [-0.4, -0.2) is 46.3 Å². The highest BCUT2D eigenvalue weighted by Crippen LogP contribution is 2.06. The van der Waals surface area contributed by atoms with Gasteiger partial charge in [-0.3, -0.25) is 0 Å². The van der Waals surface area contributed by atoms with E-state index in [2.05, 4.69) is 5.43 Å². The van der Waals surface area contributed by atoms with Gasteiger partial charge in [-0.15, -0.1) is 0 Å². The Morgan fingerprint density at radius 3 is 2.00 bits per heavy atom. The Labute approximate surface area is 81.5 Å². The van der Waals surface area contributed by atoms with Crippen molar-refractivity contribution in [2.45, 2.75) is 25.3 Å². The van der Waals surface area contributed by atoms with Crippen molar-refractivity contribution in [3.8, 4) is 0 Å². The molecule has 0 aromatic carbocycles. The van der Waals surface area contributed by atoms with Crippen molar-refractivity contribution in [2.75, 3.05) is 13.1 Å². The van der Waals surface area contributed by atoms with Gasteiger partial charge in [-0.05, 0) is 12.8 Å². The highest BCUT2D eigenvalue weighted by atomic mass is 16.4. The number of hydrogen-bond donors (Lipinski definition) is 3. The van der Waals surface area contributed by atoms with E-state index in [-0.39, 0.29) is 0 Å². The molecule has 1 saturated heterocycles. The number of carboxylic acids is 2. The zero-order valence-electron chi connectivity index (χ0n) is 7.77. The molecule has 0 spiro atoms. The van der Waals surface area contributed by atoms with Gasteiger partial charge in [-0.1, -0.05) is 6.42 Å². The number of hydrogen-bond acceptors (Lipinski definition) is 4. The quantitative estimate of drug-likeness (QED) is 0.533.